The zero-order valence-electron chi connectivity index (χ0n) is 15.3. The molecular formula is C16H25BN2O8. The van der Waals surface area contributed by atoms with Crippen LogP contribution in [0, 0.1) is 5.92 Å². The molecule has 5 N–H and O–H groups in total. The summed E-state index contributed by atoms with van der Waals surface area (Å²) in [5.74, 6) is -1.54. The number of benzene rings is 1. The monoisotopic (exact) mass is 384 g/mol. The van der Waals surface area contributed by atoms with Crippen molar-refractivity contribution in [3.63, 3.8) is 0 Å². The molecule has 0 spiro atoms. The normalized spacial score (nSPS) is 12.9. The third kappa shape index (κ3) is 8.03. The summed E-state index contributed by atoms with van der Waals surface area (Å²) in [6.45, 7) is 4.08. The highest BCUT2D eigenvalue weighted by Gasteiger charge is 2.22. The minimum Gasteiger partial charge on any atom is -0.422 e. The molecule has 0 fully saturated rings. The molecule has 0 aliphatic rings. The van der Waals surface area contributed by atoms with Gasteiger partial charge in [0.2, 0.25) is 5.91 Å². The Bertz CT molecular complexity index is 586. The lowest BCUT2D eigenvalue weighted by molar-refractivity contribution is -0.154. The number of nitrogens with one attached hydrogen (secondary N) is 2. The first-order chi connectivity index (χ1) is 12.9. The fraction of sp³-hybridized carbons (Fsp3) is 0.500. The second kappa shape index (κ2) is 12.4. The van der Waals surface area contributed by atoms with Crippen LogP contribution in [0.4, 0.5) is 0 Å². The van der Waals surface area contributed by atoms with Gasteiger partial charge in [-0.15, -0.1) is 0 Å². The first-order valence-corrected chi connectivity index (χ1v) is 8.41. The summed E-state index contributed by atoms with van der Waals surface area (Å²) in [7, 11) is -1.50. The smallest absolute Gasteiger partial charge is 0.422 e. The minimum absolute atomic E-state index is 0.0528. The molecule has 2 atom stereocenters. The van der Waals surface area contributed by atoms with Gasteiger partial charge in [0.05, 0.1) is 12.6 Å². The van der Waals surface area contributed by atoms with Crippen LogP contribution in [0.1, 0.15) is 30.6 Å². The Balaban J connectivity index is 2.73. The van der Waals surface area contributed by atoms with Gasteiger partial charge < -0.3 is 19.8 Å². The Hall–Kier alpha value is -2.02. The highest BCUT2D eigenvalue weighted by molar-refractivity contribution is 6.59. The van der Waals surface area contributed by atoms with Crippen molar-refractivity contribution >= 4 is 24.4 Å². The molecule has 0 heterocycles. The average molecular weight is 384 g/mol. The van der Waals surface area contributed by atoms with Crippen LogP contribution in [0.2, 0.25) is 0 Å². The van der Waals surface area contributed by atoms with Gasteiger partial charge in [-0.25, -0.2) is 5.48 Å². The summed E-state index contributed by atoms with van der Waals surface area (Å²) < 4.78 is 10.4. The van der Waals surface area contributed by atoms with Gasteiger partial charge in [0.15, 0.2) is 0 Å². The fourth-order valence-corrected chi connectivity index (χ4v) is 2.27. The van der Waals surface area contributed by atoms with Crippen molar-refractivity contribution in [2.45, 2.75) is 26.3 Å². The van der Waals surface area contributed by atoms with Gasteiger partial charge in [-0.3, -0.25) is 24.9 Å². The second-order valence-corrected chi connectivity index (χ2v) is 5.84. The molecule has 0 bridgehead atoms. The van der Waals surface area contributed by atoms with Crippen molar-refractivity contribution < 1.29 is 39.4 Å². The van der Waals surface area contributed by atoms with E-state index in [9.17, 15) is 14.6 Å². The van der Waals surface area contributed by atoms with Gasteiger partial charge in [0.1, 0.15) is 6.79 Å². The lowest BCUT2D eigenvalue weighted by atomic mass is 9.80. The molecule has 10 nitrogen and oxygen atoms in total. The molecule has 1 aromatic carbocycles. The number of hydroxylamine groups is 1. The van der Waals surface area contributed by atoms with E-state index in [1.54, 1.807) is 12.4 Å². The average Bonchev–Trinajstić information content (AvgIpc) is 2.69. The zero-order valence-corrected chi connectivity index (χ0v) is 15.3. The summed E-state index contributed by atoms with van der Waals surface area (Å²) in [6, 6.07) is 5.26. The Morgan fingerprint density at radius 3 is 2.44 bits per heavy atom. The molecule has 150 valence electrons. The van der Waals surface area contributed by atoms with Crippen LogP contribution in [-0.4, -0.2) is 60.5 Å². The van der Waals surface area contributed by atoms with E-state index < -0.39 is 30.9 Å². The van der Waals surface area contributed by atoms with Crippen molar-refractivity contribution in [3.05, 3.63) is 29.8 Å². The zero-order chi connectivity index (χ0) is 20.2. The van der Waals surface area contributed by atoms with Crippen molar-refractivity contribution in [2.75, 3.05) is 20.0 Å². The number of carbonyl (C=O) groups excluding carboxylic acids is 2. The summed E-state index contributed by atoms with van der Waals surface area (Å²) in [6.07, 6.45) is 0.236. The van der Waals surface area contributed by atoms with E-state index in [2.05, 4.69) is 10.1 Å². The Labute approximate surface area is 157 Å². The third-order valence-electron chi connectivity index (χ3n) is 3.78. The number of rotatable bonds is 12. The maximum Gasteiger partial charge on any atom is 0.522 e. The number of hydrogen-bond donors (Lipinski definition) is 5. The third-order valence-corrected chi connectivity index (χ3v) is 3.78. The maximum atomic E-state index is 12.4. The van der Waals surface area contributed by atoms with Crippen LogP contribution in [0.3, 0.4) is 0 Å². The topological polar surface area (TPSA) is 147 Å². The van der Waals surface area contributed by atoms with E-state index in [0.29, 0.717) is 12.2 Å². The van der Waals surface area contributed by atoms with Crippen LogP contribution >= 0.6 is 0 Å². The van der Waals surface area contributed by atoms with Crippen LogP contribution in [0.5, 0.6) is 0 Å². The first kappa shape index (κ1) is 23.0. The lowest BCUT2D eigenvalue weighted by Crippen LogP contribution is -2.42. The molecule has 0 saturated heterocycles. The fourth-order valence-electron chi connectivity index (χ4n) is 2.27. The summed E-state index contributed by atoms with van der Waals surface area (Å²) in [4.78, 5) is 27.7. The quantitative estimate of drug-likeness (QED) is 0.0810. The molecule has 0 aliphatic carbocycles. The lowest BCUT2D eigenvalue weighted by Gasteiger charge is -2.21. The van der Waals surface area contributed by atoms with Crippen LogP contribution in [-0.2, 0) is 19.1 Å². The van der Waals surface area contributed by atoms with Crippen molar-refractivity contribution in [3.8, 4) is 0 Å². The molecule has 2 amide bonds. The maximum absolute atomic E-state index is 12.4. The first-order valence-electron chi connectivity index (χ1n) is 8.41. The predicted molar refractivity (Wildman–Crippen MR) is 95.2 cm³/mol. The number of hydrogen-bond acceptors (Lipinski definition) is 8. The van der Waals surface area contributed by atoms with Gasteiger partial charge in [0.25, 0.3) is 5.91 Å². The van der Waals surface area contributed by atoms with Crippen LogP contribution < -0.4 is 16.3 Å². The van der Waals surface area contributed by atoms with Gasteiger partial charge >= 0.3 is 7.12 Å². The highest BCUT2D eigenvalue weighted by Crippen LogP contribution is 2.09. The Morgan fingerprint density at radius 2 is 1.89 bits per heavy atom. The van der Waals surface area contributed by atoms with Gasteiger partial charge in [0, 0.05) is 18.1 Å². The van der Waals surface area contributed by atoms with Crippen LogP contribution in [0.15, 0.2) is 24.3 Å². The molecule has 1 rings (SSSR count). The number of ether oxygens (including phenoxy) is 2. The SMILES string of the molecule is CCOCOC[C@H](C[C@H](C)C(=O)NO)NC(=O)c1ccc(B(O)OO)cc1. The molecule has 0 aromatic heterocycles. The van der Waals surface area contributed by atoms with Gasteiger partial charge in [-0.2, -0.15) is 0 Å². The van der Waals surface area contributed by atoms with Gasteiger partial charge in [-0.05, 0) is 30.9 Å². The van der Waals surface area contributed by atoms with E-state index in [1.165, 1.54) is 24.3 Å². The van der Waals surface area contributed by atoms with E-state index in [-0.39, 0.29) is 25.3 Å². The van der Waals surface area contributed by atoms with E-state index in [4.69, 9.17) is 19.9 Å². The number of carbonyl (C=O) groups is 2. The summed E-state index contributed by atoms with van der Waals surface area (Å²) in [5, 5.41) is 29.3. The molecule has 0 saturated carbocycles. The van der Waals surface area contributed by atoms with Crippen molar-refractivity contribution in [1.29, 1.82) is 0 Å². The summed E-state index contributed by atoms with van der Waals surface area (Å²) >= 11 is 0. The largest absolute Gasteiger partial charge is 0.522 e. The van der Waals surface area contributed by atoms with E-state index >= 15 is 0 Å². The van der Waals surface area contributed by atoms with Crippen molar-refractivity contribution in [1.82, 2.24) is 10.8 Å². The highest BCUT2D eigenvalue weighted by atomic mass is 17.1. The minimum atomic E-state index is -1.50. The van der Waals surface area contributed by atoms with Crippen molar-refractivity contribution in [2.24, 2.45) is 5.92 Å². The van der Waals surface area contributed by atoms with E-state index in [1.807, 2.05) is 6.92 Å². The Kier molecular flexibility index (Phi) is 10.6. The molecule has 1 aromatic rings. The second-order valence-electron chi connectivity index (χ2n) is 5.84. The van der Waals surface area contributed by atoms with E-state index in [0.717, 1.165) is 0 Å². The molecule has 27 heavy (non-hydrogen) atoms. The standard InChI is InChI=1S/C16H25BN2O8/c1-3-25-10-26-9-14(8-11(2)15(20)19-23)18-16(21)12-4-6-13(7-5-12)17(22)27-24/h4-7,11,14,22-24H,3,8-10H2,1-2H3,(H,18,21)(H,19,20)/t11-,14-/m0/s1. The van der Waals surface area contributed by atoms with Gasteiger partial charge in [-0.1, -0.05) is 19.1 Å². The number of amides is 2. The van der Waals surface area contributed by atoms with Crippen LogP contribution in [0.25, 0.3) is 0 Å². The molecule has 11 heteroatoms. The predicted octanol–water partition coefficient (Wildman–Crippen LogP) is -0.496. The molecular weight excluding hydrogens is 359 g/mol. The molecule has 0 unspecified atom stereocenters. The molecule has 0 radical (unpaired) electrons. The Morgan fingerprint density at radius 1 is 1.22 bits per heavy atom. The summed E-state index contributed by atoms with van der Waals surface area (Å²) in [5.41, 5.74) is 2.16. The molecule has 0 aliphatic heterocycles.